The molecule has 0 radical (unpaired) electrons. The molecule has 2 aliphatic heterocycles. The van der Waals surface area contributed by atoms with Crippen LogP contribution < -0.4 is 0 Å². The lowest BCUT2D eigenvalue weighted by Crippen LogP contribution is -2.48. The summed E-state index contributed by atoms with van der Waals surface area (Å²) in [7, 11) is 0. The number of fused-ring (bicyclic) bond motifs is 2. The Morgan fingerprint density at radius 1 is 0.829 bits per heavy atom. The van der Waals surface area contributed by atoms with Crippen LogP contribution in [0.25, 0.3) is 22.3 Å². The van der Waals surface area contributed by atoms with Gasteiger partial charge in [-0.25, -0.2) is 4.98 Å². The first-order valence-corrected chi connectivity index (χ1v) is 12.8. The fourth-order valence-electron chi connectivity index (χ4n) is 5.49. The molecule has 2 aromatic carbocycles. The highest BCUT2D eigenvalue weighted by Crippen LogP contribution is 2.28. The summed E-state index contributed by atoms with van der Waals surface area (Å²) in [5.74, 6) is 1.03. The molecule has 0 unspecified atom stereocenters. The molecule has 178 valence electrons. The molecule has 0 atom stereocenters. The first-order valence-electron chi connectivity index (χ1n) is 12.8. The summed E-state index contributed by atoms with van der Waals surface area (Å²) < 4.78 is 2.30. The number of hydrogen-bond acceptors (Lipinski definition) is 4. The smallest absolute Gasteiger partial charge is 0.274 e. The van der Waals surface area contributed by atoms with E-state index in [1.165, 1.54) is 17.4 Å². The first kappa shape index (κ1) is 22.0. The topological polar surface area (TPSA) is 54.3 Å². The molecule has 0 bridgehead atoms. The second kappa shape index (κ2) is 9.62. The normalized spacial score (nSPS) is 16.7. The van der Waals surface area contributed by atoms with Gasteiger partial charge >= 0.3 is 0 Å². The molecule has 6 rings (SSSR count). The van der Waals surface area contributed by atoms with Crippen LogP contribution in [0.15, 0.2) is 66.9 Å². The van der Waals surface area contributed by atoms with Gasteiger partial charge < -0.3 is 9.47 Å². The number of aromatic nitrogens is 3. The number of amides is 1. The average molecular weight is 466 g/mol. The molecule has 1 fully saturated rings. The van der Waals surface area contributed by atoms with E-state index in [0.29, 0.717) is 5.69 Å². The van der Waals surface area contributed by atoms with Crippen molar-refractivity contribution in [3.05, 3.63) is 83.8 Å². The van der Waals surface area contributed by atoms with Crippen LogP contribution in [0.1, 0.15) is 41.0 Å². The first-order chi connectivity index (χ1) is 17.3. The van der Waals surface area contributed by atoms with E-state index in [0.717, 1.165) is 81.1 Å². The summed E-state index contributed by atoms with van der Waals surface area (Å²) >= 11 is 0. The summed E-state index contributed by atoms with van der Waals surface area (Å²) in [6, 6.07) is 20.8. The van der Waals surface area contributed by atoms with Crippen LogP contribution in [-0.4, -0.2) is 56.4 Å². The molecule has 0 N–H and O–H groups in total. The number of para-hydroxylation sites is 1. The van der Waals surface area contributed by atoms with Crippen LogP contribution >= 0.6 is 0 Å². The highest BCUT2D eigenvalue weighted by molar-refractivity contribution is 5.94. The molecule has 4 heterocycles. The third-order valence-corrected chi connectivity index (χ3v) is 7.37. The van der Waals surface area contributed by atoms with Gasteiger partial charge in [-0.3, -0.25) is 14.7 Å². The number of imidazole rings is 1. The maximum absolute atomic E-state index is 13.7. The van der Waals surface area contributed by atoms with Crippen molar-refractivity contribution < 1.29 is 4.79 Å². The Morgan fingerprint density at radius 2 is 1.66 bits per heavy atom. The molecule has 2 aliphatic rings. The van der Waals surface area contributed by atoms with Crippen LogP contribution in [0.2, 0.25) is 0 Å². The zero-order chi connectivity index (χ0) is 23.6. The van der Waals surface area contributed by atoms with E-state index in [1.54, 1.807) is 0 Å². The molecular weight excluding hydrogens is 434 g/mol. The molecular formula is C29H31N5O. The maximum Gasteiger partial charge on any atom is 0.274 e. The fraction of sp³-hybridized carbons (Fsp3) is 0.345. The van der Waals surface area contributed by atoms with Crippen molar-refractivity contribution in [2.45, 2.75) is 38.8 Å². The minimum Gasteiger partial charge on any atom is -0.335 e. The van der Waals surface area contributed by atoms with Gasteiger partial charge in [0.1, 0.15) is 11.5 Å². The predicted octanol–water partition coefficient (Wildman–Crippen LogP) is 4.78. The Balaban J connectivity index is 1.20. The summed E-state index contributed by atoms with van der Waals surface area (Å²) in [4.78, 5) is 27.7. The maximum atomic E-state index is 13.7. The molecule has 4 aromatic rings. The van der Waals surface area contributed by atoms with E-state index in [4.69, 9.17) is 4.98 Å². The van der Waals surface area contributed by atoms with Gasteiger partial charge in [0.25, 0.3) is 5.91 Å². The Labute approximate surface area is 206 Å². The predicted molar refractivity (Wildman–Crippen MR) is 138 cm³/mol. The van der Waals surface area contributed by atoms with Crippen molar-refractivity contribution in [2.75, 3.05) is 26.2 Å². The summed E-state index contributed by atoms with van der Waals surface area (Å²) in [6.07, 6.45) is 6.24. The zero-order valence-corrected chi connectivity index (χ0v) is 20.1. The van der Waals surface area contributed by atoms with Crippen molar-refractivity contribution in [3.8, 4) is 11.4 Å². The van der Waals surface area contributed by atoms with Gasteiger partial charge in [-0.1, -0.05) is 61.0 Å². The van der Waals surface area contributed by atoms with E-state index in [2.05, 4.69) is 50.8 Å². The number of nitrogens with zero attached hydrogens (tertiary/aromatic N) is 5. The Bertz CT molecular complexity index is 1330. The van der Waals surface area contributed by atoms with Crippen molar-refractivity contribution in [1.29, 1.82) is 0 Å². The van der Waals surface area contributed by atoms with Gasteiger partial charge in [0, 0.05) is 56.4 Å². The van der Waals surface area contributed by atoms with Crippen molar-refractivity contribution in [1.82, 2.24) is 24.3 Å². The van der Waals surface area contributed by atoms with Crippen LogP contribution in [0.5, 0.6) is 0 Å². The number of carbonyl (C=O) groups excluding carboxylic acids is 1. The third kappa shape index (κ3) is 4.34. The van der Waals surface area contributed by atoms with Gasteiger partial charge in [0.05, 0.1) is 11.2 Å². The molecule has 1 saturated heterocycles. The number of hydrogen-bond donors (Lipinski definition) is 0. The van der Waals surface area contributed by atoms with E-state index < -0.39 is 0 Å². The molecule has 1 amide bonds. The van der Waals surface area contributed by atoms with Gasteiger partial charge in [0.2, 0.25) is 0 Å². The van der Waals surface area contributed by atoms with Crippen LogP contribution in [0.3, 0.4) is 0 Å². The second-order valence-corrected chi connectivity index (χ2v) is 9.62. The van der Waals surface area contributed by atoms with Crippen molar-refractivity contribution in [3.63, 3.8) is 0 Å². The van der Waals surface area contributed by atoms with E-state index in [-0.39, 0.29) is 5.91 Å². The van der Waals surface area contributed by atoms with Gasteiger partial charge in [-0.2, -0.15) is 0 Å². The van der Waals surface area contributed by atoms with E-state index >= 15 is 0 Å². The minimum atomic E-state index is 0.0873. The Hall–Kier alpha value is -3.51. The Morgan fingerprint density at radius 3 is 2.51 bits per heavy atom. The summed E-state index contributed by atoms with van der Waals surface area (Å²) in [5, 5.41) is 1.17. The number of pyridine rings is 1. The zero-order valence-electron chi connectivity index (χ0n) is 20.1. The lowest BCUT2D eigenvalue weighted by atomic mass is 10.1. The molecule has 35 heavy (non-hydrogen) atoms. The summed E-state index contributed by atoms with van der Waals surface area (Å²) in [6.45, 7) is 4.96. The number of piperazine rings is 1. The molecule has 0 saturated carbocycles. The highest BCUT2D eigenvalue weighted by Gasteiger charge is 2.29. The monoisotopic (exact) mass is 465 g/mol. The van der Waals surface area contributed by atoms with Gasteiger partial charge in [0.15, 0.2) is 0 Å². The standard InChI is InChI=1S/C29H31N5O/c35-29(27-25-14-5-2-6-16-34(25)28(31-27)23-9-3-1-4-10-23)33-19-17-32(18-20-33)21-24-12-7-11-22-13-8-15-30-26(22)24/h1,3-4,7-13,15H,2,5-6,14,16-21H2. The van der Waals surface area contributed by atoms with E-state index in [9.17, 15) is 4.79 Å². The van der Waals surface area contributed by atoms with E-state index in [1.807, 2.05) is 35.4 Å². The molecule has 0 aliphatic carbocycles. The molecule has 0 spiro atoms. The van der Waals surface area contributed by atoms with Crippen LogP contribution in [0.4, 0.5) is 0 Å². The second-order valence-electron chi connectivity index (χ2n) is 9.62. The lowest BCUT2D eigenvalue weighted by molar-refractivity contribution is 0.0622. The van der Waals surface area contributed by atoms with Crippen molar-refractivity contribution in [2.24, 2.45) is 0 Å². The minimum absolute atomic E-state index is 0.0873. The van der Waals surface area contributed by atoms with Crippen molar-refractivity contribution >= 4 is 16.8 Å². The lowest BCUT2D eigenvalue weighted by Gasteiger charge is -2.34. The van der Waals surface area contributed by atoms with Gasteiger partial charge in [-0.15, -0.1) is 0 Å². The highest BCUT2D eigenvalue weighted by atomic mass is 16.2. The Kier molecular flexibility index (Phi) is 6.05. The average Bonchev–Trinajstić information content (AvgIpc) is 3.10. The molecule has 2 aromatic heterocycles. The fourth-order valence-corrected chi connectivity index (χ4v) is 5.49. The SMILES string of the molecule is O=C(c1nc(-c2ccccc2)n2c1CCCCC2)N1CCN(Cc2cccc3cccnc23)CC1. The van der Waals surface area contributed by atoms with Crippen LogP contribution in [-0.2, 0) is 19.5 Å². The quantitative estimate of drug-likeness (QED) is 0.435. The largest absolute Gasteiger partial charge is 0.335 e. The number of benzene rings is 2. The molecule has 6 nitrogen and oxygen atoms in total. The third-order valence-electron chi connectivity index (χ3n) is 7.37. The number of carbonyl (C=O) groups is 1. The number of rotatable bonds is 4. The molecule has 6 heteroatoms. The van der Waals surface area contributed by atoms with Gasteiger partial charge in [-0.05, 0) is 30.9 Å². The summed E-state index contributed by atoms with van der Waals surface area (Å²) in [5.41, 5.74) is 5.19. The van der Waals surface area contributed by atoms with Crippen LogP contribution in [0, 0.1) is 0 Å².